The summed E-state index contributed by atoms with van der Waals surface area (Å²) in [6.45, 7) is 2.89. The van der Waals surface area contributed by atoms with Gasteiger partial charge in [-0.25, -0.2) is 4.98 Å². The van der Waals surface area contributed by atoms with Crippen LogP contribution in [-0.4, -0.2) is 29.5 Å². The lowest BCUT2D eigenvalue weighted by Crippen LogP contribution is -2.21. The Morgan fingerprint density at radius 1 is 1.07 bits per heavy atom. The Labute approximate surface area is 160 Å². The summed E-state index contributed by atoms with van der Waals surface area (Å²) < 4.78 is 0. The number of hydrogen-bond donors (Lipinski definition) is 1. The van der Waals surface area contributed by atoms with Gasteiger partial charge in [0.1, 0.15) is 5.82 Å². The van der Waals surface area contributed by atoms with E-state index in [1.165, 1.54) is 5.56 Å². The topological polar surface area (TPSA) is 58.1 Å². The molecule has 0 radical (unpaired) electrons. The lowest BCUT2D eigenvalue weighted by Gasteiger charge is -2.19. The molecule has 0 fully saturated rings. The van der Waals surface area contributed by atoms with E-state index in [4.69, 9.17) is 0 Å². The van der Waals surface area contributed by atoms with Gasteiger partial charge in [0.05, 0.1) is 18.3 Å². The zero-order valence-corrected chi connectivity index (χ0v) is 15.7. The van der Waals surface area contributed by atoms with Gasteiger partial charge in [0.2, 0.25) is 5.91 Å². The highest BCUT2D eigenvalue weighted by molar-refractivity contribution is 5.91. The van der Waals surface area contributed by atoms with Crippen LogP contribution in [0.4, 0.5) is 11.5 Å². The first-order valence-corrected chi connectivity index (χ1v) is 9.02. The summed E-state index contributed by atoms with van der Waals surface area (Å²) in [4.78, 5) is 22.8. The van der Waals surface area contributed by atoms with Crippen molar-refractivity contribution in [3.63, 3.8) is 0 Å². The molecule has 138 valence electrons. The molecule has 0 saturated carbocycles. The van der Waals surface area contributed by atoms with Crippen molar-refractivity contribution in [1.82, 2.24) is 9.97 Å². The van der Waals surface area contributed by atoms with Crippen molar-refractivity contribution >= 4 is 17.4 Å². The van der Waals surface area contributed by atoms with Gasteiger partial charge in [-0.2, -0.15) is 0 Å². The Kier molecular flexibility index (Phi) is 6.15. The summed E-state index contributed by atoms with van der Waals surface area (Å²) in [5.74, 6) is 0.510. The number of carbonyl (C=O) groups is 1. The van der Waals surface area contributed by atoms with Crippen LogP contribution in [0.15, 0.2) is 67.1 Å². The van der Waals surface area contributed by atoms with Gasteiger partial charge < -0.3 is 10.2 Å². The normalized spacial score (nSPS) is 10.4. The van der Waals surface area contributed by atoms with Crippen LogP contribution >= 0.6 is 0 Å². The molecule has 0 aliphatic carbocycles. The molecule has 2 heterocycles. The van der Waals surface area contributed by atoms with Gasteiger partial charge in [-0.05, 0) is 54.3 Å². The number of rotatable bonds is 7. The zero-order valence-electron chi connectivity index (χ0n) is 15.7. The molecule has 0 spiro atoms. The fourth-order valence-electron chi connectivity index (χ4n) is 2.83. The van der Waals surface area contributed by atoms with E-state index in [-0.39, 0.29) is 5.91 Å². The first-order chi connectivity index (χ1) is 13.1. The van der Waals surface area contributed by atoms with Crippen LogP contribution in [0.2, 0.25) is 0 Å². The molecule has 2 aromatic heterocycles. The fourth-order valence-corrected chi connectivity index (χ4v) is 2.83. The molecule has 0 saturated heterocycles. The minimum absolute atomic E-state index is 0.0596. The average Bonchev–Trinajstić information content (AvgIpc) is 2.69. The third-order valence-electron chi connectivity index (χ3n) is 4.55. The highest BCUT2D eigenvalue weighted by Gasteiger charge is 2.08. The van der Waals surface area contributed by atoms with E-state index < -0.39 is 0 Å². The van der Waals surface area contributed by atoms with Crippen LogP contribution < -0.4 is 10.2 Å². The van der Waals surface area contributed by atoms with E-state index in [1.807, 2.05) is 74.9 Å². The number of nitrogens with zero attached hydrogens (tertiary/aromatic N) is 3. The molecular weight excluding hydrogens is 336 g/mol. The lowest BCUT2D eigenvalue weighted by molar-refractivity contribution is -0.115. The molecule has 1 N–H and O–H groups in total. The second-order valence-corrected chi connectivity index (χ2v) is 6.58. The van der Waals surface area contributed by atoms with Gasteiger partial charge in [0.15, 0.2) is 0 Å². The van der Waals surface area contributed by atoms with Gasteiger partial charge in [-0.3, -0.25) is 9.78 Å². The van der Waals surface area contributed by atoms with Crippen molar-refractivity contribution in [1.29, 1.82) is 0 Å². The first-order valence-electron chi connectivity index (χ1n) is 9.02. The number of pyridine rings is 2. The molecule has 0 bridgehead atoms. The van der Waals surface area contributed by atoms with Crippen molar-refractivity contribution in [2.24, 2.45) is 0 Å². The molecule has 5 heteroatoms. The Morgan fingerprint density at radius 3 is 2.56 bits per heavy atom. The van der Waals surface area contributed by atoms with Gasteiger partial charge in [0, 0.05) is 26.0 Å². The third kappa shape index (κ3) is 5.38. The molecule has 0 aliphatic rings. The van der Waals surface area contributed by atoms with Crippen LogP contribution in [0.3, 0.4) is 0 Å². The minimum Gasteiger partial charge on any atom is -0.373 e. The summed E-state index contributed by atoms with van der Waals surface area (Å²) in [5.41, 5.74) is 4.42. The zero-order chi connectivity index (χ0) is 19.1. The van der Waals surface area contributed by atoms with Crippen molar-refractivity contribution < 1.29 is 4.79 Å². The van der Waals surface area contributed by atoms with Crippen molar-refractivity contribution in [2.45, 2.75) is 19.8 Å². The fraction of sp³-hybridized carbons (Fsp3) is 0.227. The number of aryl methyl sites for hydroxylation is 1. The van der Waals surface area contributed by atoms with E-state index in [2.05, 4.69) is 20.2 Å². The number of likely N-dealkylation sites (N-methyl/N-ethyl adjacent to an activating group) is 1. The van der Waals surface area contributed by atoms with E-state index in [0.717, 1.165) is 29.8 Å². The van der Waals surface area contributed by atoms with Crippen LogP contribution in [0.25, 0.3) is 0 Å². The standard InChI is InChI=1S/C22H24N4O/c1-17-5-3-4-6-19(17)15-22(27)25-21-8-7-20(16-24-21)26(2)14-11-18-9-12-23-13-10-18/h3-10,12-13,16H,11,14-15H2,1-2H3,(H,24,25,27). The Hall–Kier alpha value is -3.21. The molecule has 0 unspecified atom stereocenters. The molecule has 0 aliphatic heterocycles. The summed E-state index contributed by atoms with van der Waals surface area (Å²) in [6, 6.07) is 15.8. The molecule has 1 amide bonds. The molecule has 3 aromatic rings. The van der Waals surface area contributed by atoms with Crippen molar-refractivity contribution in [3.8, 4) is 0 Å². The third-order valence-corrected chi connectivity index (χ3v) is 4.55. The van der Waals surface area contributed by atoms with Gasteiger partial charge in [0.25, 0.3) is 0 Å². The summed E-state index contributed by atoms with van der Waals surface area (Å²) >= 11 is 0. The molecule has 3 rings (SSSR count). The highest BCUT2D eigenvalue weighted by atomic mass is 16.1. The van der Waals surface area contributed by atoms with Gasteiger partial charge in [-0.1, -0.05) is 24.3 Å². The summed E-state index contributed by atoms with van der Waals surface area (Å²) in [7, 11) is 2.04. The highest BCUT2D eigenvalue weighted by Crippen LogP contribution is 2.15. The number of hydrogen-bond acceptors (Lipinski definition) is 4. The van der Waals surface area contributed by atoms with E-state index >= 15 is 0 Å². The maximum absolute atomic E-state index is 12.2. The number of benzene rings is 1. The first kappa shape index (κ1) is 18.6. The van der Waals surface area contributed by atoms with Crippen molar-refractivity contribution in [2.75, 3.05) is 23.8 Å². The average molecular weight is 360 g/mol. The van der Waals surface area contributed by atoms with E-state index in [1.54, 1.807) is 6.20 Å². The number of amides is 1. The molecule has 5 nitrogen and oxygen atoms in total. The lowest BCUT2D eigenvalue weighted by atomic mass is 10.1. The molecular formula is C22H24N4O. The maximum atomic E-state index is 12.2. The number of nitrogens with one attached hydrogen (secondary N) is 1. The van der Waals surface area contributed by atoms with Gasteiger partial charge >= 0.3 is 0 Å². The summed E-state index contributed by atoms with van der Waals surface area (Å²) in [5, 5.41) is 2.87. The monoisotopic (exact) mass is 360 g/mol. The van der Waals surface area contributed by atoms with Crippen LogP contribution in [0.5, 0.6) is 0 Å². The van der Waals surface area contributed by atoms with E-state index in [0.29, 0.717) is 12.2 Å². The van der Waals surface area contributed by atoms with Crippen LogP contribution in [0.1, 0.15) is 16.7 Å². The Balaban J connectivity index is 1.53. The predicted molar refractivity (Wildman–Crippen MR) is 109 cm³/mol. The smallest absolute Gasteiger partial charge is 0.229 e. The van der Waals surface area contributed by atoms with Crippen LogP contribution in [0, 0.1) is 6.92 Å². The molecule has 27 heavy (non-hydrogen) atoms. The maximum Gasteiger partial charge on any atom is 0.229 e. The second kappa shape index (κ2) is 8.94. The number of carbonyl (C=O) groups excluding carboxylic acids is 1. The predicted octanol–water partition coefficient (Wildman–Crippen LogP) is 3.65. The summed E-state index contributed by atoms with van der Waals surface area (Å²) in [6.07, 6.45) is 6.70. The number of aromatic nitrogens is 2. The Bertz CT molecular complexity index is 878. The minimum atomic E-state index is -0.0596. The quantitative estimate of drug-likeness (QED) is 0.699. The number of anilines is 2. The van der Waals surface area contributed by atoms with E-state index in [9.17, 15) is 4.79 Å². The molecule has 0 atom stereocenters. The van der Waals surface area contributed by atoms with Crippen LogP contribution in [-0.2, 0) is 17.6 Å². The molecule has 1 aromatic carbocycles. The Morgan fingerprint density at radius 2 is 1.85 bits per heavy atom. The van der Waals surface area contributed by atoms with Crippen molar-refractivity contribution in [3.05, 3.63) is 83.8 Å². The largest absolute Gasteiger partial charge is 0.373 e. The second-order valence-electron chi connectivity index (χ2n) is 6.58. The van der Waals surface area contributed by atoms with Gasteiger partial charge in [-0.15, -0.1) is 0 Å². The SMILES string of the molecule is Cc1ccccc1CC(=O)Nc1ccc(N(C)CCc2ccncc2)cn1.